The van der Waals surface area contributed by atoms with Gasteiger partial charge in [-0.25, -0.2) is 4.79 Å². The maximum absolute atomic E-state index is 10.8. The predicted octanol–water partition coefficient (Wildman–Crippen LogP) is 2.34. The Morgan fingerprint density at radius 1 is 1.31 bits per heavy atom. The fourth-order valence-corrected chi connectivity index (χ4v) is 1.35. The second kappa shape index (κ2) is 2.90. The third kappa shape index (κ3) is 1.26. The van der Waals surface area contributed by atoms with Crippen LogP contribution in [0.1, 0.15) is 10.4 Å². The molecule has 0 fully saturated rings. The first-order valence-corrected chi connectivity index (χ1v) is 3.91. The molecule has 0 amide bonds. The molecule has 0 unspecified atom stereocenters. The number of hydrogen-bond donors (Lipinski definition) is 1. The molecule has 2 nitrogen and oxygen atoms in total. The van der Waals surface area contributed by atoms with Crippen LogP contribution in [-0.4, -0.2) is 11.1 Å². The summed E-state index contributed by atoms with van der Waals surface area (Å²) in [5, 5.41) is 10.5. The van der Waals surface area contributed by atoms with E-state index in [1.807, 2.05) is 12.1 Å². The van der Waals surface area contributed by atoms with Crippen LogP contribution in [-0.2, 0) is 0 Å². The highest BCUT2D eigenvalue weighted by molar-refractivity contribution is 6.03. The van der Waals surface area contributed by atoms with E-state index < -0.39 is 5.97 Å². The van der Waals surface area contributed by atoms with Crippen LogP contribution in [0.3, 0.4) is 0 Å². The topological polar surface area (TPSA) is 37.3 Å². The van der Waals surface area contributed by atoms with Crippen molar-refractivity contribution >= 4 is 16.7 Å². The van der Waals surface area contributed by atoms with E-state index in [0.29, 0.717) is 5.56 Å². The number of benzene rings is 2. The van der Waals surface area contributed by atoms with E-state index in [9.17, 15) is 4.79 Å². The Hall–Kier alpha value is -1.83. The van der Waals surface area contributed by atoms with Crippen LogP contribution in [0.5, 0.6) is 0 Å². The van der Waals surface area contributed by atoms with Gasteiger partial charge in [0, 0.05) is 0 Å². The second-order valence-corrected chi connectivity index (χ2v) is 2.76. The van der Waals surface area contributed by atoms with E-state index in [4.69, 9.17) is 5.11 Å². The zero-order valence-electron chi connectivity index (χ0n) is 6.82. The van der Waals surface area contributed by atoms with Crippen LogP contribution in [0, 0.1) is 6.07 Å². The normalized spacial score (nSPS) is 10.2. The summed E-state index contributed by atoms with van der Waals surface area (Å²) in [5.41, 5.74) is 0.328. The van der Waals surface area contributed by atoms with Crippen molar-refractivity contribution in [2.24, 2.45) is 0 Å². The smallest absolute Gasteiger partial charge is 0.336 e. The summed E-state index contributed by atoms with van der Waals surface area (Å²) in [6.07, 6.45) is 0. The molecule has 13 heavy (non-hydrogen) atoms. The lowest BCUT2D eigenvalue weighted by atomic mass is 10.1. The molecule has 0 saturated carbocycles. The van der Waals surface area contributed by atoms with Crippen molar-refractivity contribution < 1.29 is 9.90 Å². The molecule has 2 heteroatoms. The molecule has 2 aromatic carbocycles. The number of fused-ring (bicyclic) bond motifs is 1. The monoisotopic (exact) mass is 171 g/mol. The number of carboxylic acid groups (broad SMARTS) is 1. The van der Waals surface area contributed by atoms with E-state index in [1.54, 1.807) is 24.3 Å². The van der Waals surface area contributed by atoms with Gasteiger partial charge in [-0.1, -0.05) is 24.3 Å². The zero-order chi connectivity index (χ0) is 9.26. The fourth-order valence-electron chi connectivity index (χ4n) is 1.35. The van der Waals surface area contributed by atoms with Crippen molar-refractivity contribution in [3.63, 3.8) is 0 Å². The molecule has 0 atom stereocenters. The largest absolute Gasteiger partial charge is 0.478 e. The molecule has 2 rings (SSSR count). The second-order valence-electron chi connectivity index (χ2n) is 2.76. The summed E-state index contributed by atoms with van der Waals surface area (Å²) in [4.78, 5) is 10.8. The third-order valence-corrected chi connectivity index (χ3v) is 1.96. The number of carbonyl (C=O) groups is 1. The van der Waals surface area contributed by atoms with Gasteiger partial charge in [0.05, 0.1) is 5.56 Å². The molecule has 1 N–H and O–H groups in total. The van der Waals surface area contributed by atoms with E-state index >= 15 is 0 Å². The van der Waals surface area contributed by atoms with Crippen molar-refractivity contribution in [3.05, 3.63) is 48.0 Å². The zero-order valence-corrected chi connectivity index (χ0v) is 6.82. The molecule has 0 saturated heterocycles. The predicted molar refractivity (Wildman–Crippen MR) is 49.7 cm³/mol. The molecule has 0 bridgehead atoms. The molecule has 0 aliphatic rings. The van der Waals surface area contributed by atoms with Crippen molar-refractivity contribution in [1.82, 2.24) is 0 Å². The molecular weight excluding hydrogens is 164 g/mol. The highest BCUT2D eigenvalue weighted by Crippen LogP contribution is 2.17. The summed E-state index contributed by atoms with van der Waals surface area (Å²) in [7, 11) is 0. The summed E-state index contributed by atoms with van der Waals surface area (Å²) >= 11 is 0. The van der Waals surface area contributed by atoms with Crippen molar-refractivity contribution in [1.29, 1.82) is 0 Å². The minimum atomic E-state index is -0.898. The lowest BCUT2D eigenvalue weighted by molar-refractivity contribution is 0.0699. The number of aromatic carboxylic acids is 1. The van der Waals surface area contributed by atoms with Crippen molar-refractivity contribution in [2.75, 3.05) is 0 Å². The first-order chi connectivity index (χ1) is 6.29. The minimum Gasteiger partial charge on any atom is -0.478 e. The lowest BCUT2D eigenvalue weighted by Gasteiger charge is -2.00. The van der Waals surface area contributed by atoms with Crippen LogP contribution < -0.4 is 0 Å². The van der Waals surface area contributed by atoms with Crippen LogP contribution in [0.15, 0.2) is 36.4 Å². The average Bonchev–Trinajstić information content (AvgIpc) is 2.17. The van der Waals surface area contributed by atoms with E-state index in [1.165, 1.54) is 0 Å². The molecule has 0 aliphatic heterocycles. The lowest BCUT2D eigenvalue weighted by Crippen LogP contribution is -1.96. The summed E-state index contributed by atoms with van der Waals surface area (Å²) in [6, 6.07) is 13.4. The summed E-state index contributed by atoms with van der Waals surface area (Å²) in [6.45, 7) is 0. The van der Waals surface area contributed by atoms with Gasteiger partial charge in [-0.05, 0) is 29.0 Å². The maximum atomic E-state index is 10.8. The van der Waals surface area contributed by atoms with Crippen LogP contribution in [0.25, 0.3) is 10.8 Å². The van der Waals surface area contributed by atoms with Gasteiger partial charge in [0.15, 0.2) is 0 Å². The molecule has 1 radical (unpaired) electrons. The molecule has 0 heterocycles. The van der Waals surface area contributed by atoms with Gasteiger partial charge >= 0.3 is 5.97 Å². The average molecular weight is 171 g/mol. The Morgan fingerprint density at radius 2 is 2.15 bits per heavy atom. The Labute approximate surface area is 75.4 Å². The van der Waals surface area contributed by atoms with Gasteiger partial charge in [-0.2, -0.15) is 0 Å². The summed E-state index contributed by atoms with van der Waals surface area (Å²) < 4.78 is 0. The van der Waals surface area contributed by atoms with Crippen molar-refractivity contribution in [3.8, 4) is 0 Å². The van der Waals surface area contributed by atoms with Gasteiger partial charge in [0.25, 0.3) is 0 Å². The third-order valence-electron chi connectivity index (χ3n) is 1.96. The van der Waals surface area contributed by atoms with Crippen molar-refractivity contribution in [2.45, 2.75) is 0 Å². The van der Waals surface area contributed by atoms with E-state index in [-0.39, 0.29) is 0 Å². The highest BCUT2D eigenvalue weighted by atomic mass is 16.4. The fraction of sp³-hybridized carbons (Fsp3) is 0. The van der Waals surface area contributed by atoms with Gasteiger partial charge in [-0.15, -0.1) is 0 Å². The number of carboxylic acids is 1. The Balaban J connectivity index is 2.83. The van der Waals surface area contributed by atoms with Crippen LogP contribution in [0.2, 0.25) is 0 Å². The standard InChI is InChI=1S/C11H7O2/c12-11(13)10-7-3-5-8-4-1-2-6-9(8)10/h1,3-7H,(H,12,13). The van der Waals surface area contributed by atoms with Gasteiger partial charge < -0.3 is 5.11 Å². The number of hydrogen-bond acceptors (Lipinski definition) is 1. The maximum Gasteiger partial charge on any atom is 0.336 e. The Bertz CT molecular complexity index is 455. The first kappa shape index (κ1) is 7.80. The number of rotatable bonds is 1. The molecule has 0 spiro atoms. The molecule has 0 aromatic heterocycles. The van der Waals surface area contributed by atoms with E-state index in [2.05, 4.69) is 6.07 Å². The van der Waals surface area contributed by atoms with Gasteiger partial charge in [0.2, 0.25) is 0 Å². The summed E-state index contributed by atoms with van der Waals surface area (Å²) in [5.74, 6) is -0.898. The Morgan fingerprint density at radius 3 is 2.92 bits per heavy atom. The molecule has 0 aliphatic carbocycles. The molecule has 2 aromatic rings. The van der Waals surface area contributed by atoms with Gasteiger partial charge in [-0.3, -0.25) is 0 Å². The quantitative estimate of drug-likeness (QED) is 0.715. The van der Waals surface area contributed by atoms with Crippen LogP contribution in [0.4, 0.5) is 0 Å². The van der Waals surface area contributed by atoms with E-state index in [0.717, 1.165) is 10.8 Å². The SMILES string of the molecule is O=C(O)c1cccc2cc[c]cc12. The Kier molecular flexibility index (Phi) is 1.74. The minimum absolute atomic E-state index is 0.328. The van der Waals surface area contributed by atoms with Gasteiger partial charge in [0.1, 0.15) is 0 Å². The van der Waals surface area contributed by atoms with Crippen LogP contribution >= 0.6 is 0 Å². The first-order valence-electron chi connectivity index (χ1n) is 3.91. The molecular formula is C11H7O2. The molecule has 63 valence electrons. The highest BCUT2D eigenvalue weighted by Gasteiger charge is 2.05.